The standard InChI is InChI=1S/C19H17Cl2NO2/c20-15-12-16(19(23)17(21)13-15)18(22-8-10-24-11-9-22)7-6-14-4-2-1-3-5-14/h1-5,12-13,18,23H,8-11H2/p+1/t18-/m0/s1. The van der Waals surface area contributed by atoms with Gasteiger partial charge in [-0.2, -0.15) is 0 Å². The number of quaternary nitrogens is 1. The van der Waals surface area contributed by atoms with Crippen molar-refractivity contribution >= 4 is 23.2 Å². The zero-order valence-electron chi connectivity index (χ0n) is 13.1. The van der Waals surface area contributed by atoms with Crippen molar-refractivity contribution < 1.29 is 14.7 Å². The van der Waals surface area contributed by atoms with Gasteiger partial charge in [-0.15, -0.1) is 0 Å². The fourth-order valence-corrected chi connectivity index (χ4v) is 3.31. The monoisotopic (exact) mass is 362 g/mol. The molecule has 1 aliphatic heterocycles. The number of benzene rings is 2. The summed E-state index contributed by atoms with van der Waals surface area (Å²) < 4.78 is 5.44. The van der Waals surface area contributed by atoms with Gasteiger partial charge in [-0.1, -0.05) is 47.3 Å². The zero-order valence-corrected chi connectivity index (χ0v) is 14.6. The minimum Gasteiger partial charge on any atom is -0.506 e. The Morgan fingerprint density at radius 3 is 2.50 bits per heavy atom. The number of halogens is 2. The van der Waals surface area contributed by atoms with E-state index in [1.54, 1.807) is 6.07 Å². The van der Waals surface area contributed by atoms with Gasteiger partial charge in [0.15, 0.2) is 6.04 Å². The Balaban J connectivity index is 2.01. The summed E-state index contributed by atoms with van der Waals surface area (Å²) >= 11 is 12.2. The molecule has 1 aliphatic rings. The Bertz CT molecular complexity index is 762. The van der Waals surface area contributed by atoms with Gasteiger partial charge in [-0.25, -0.2) is 0 Å². The fourth-order valence-electron chi connectivity index (χ4n) is 2.80. The summed E-state index contributed by atoms with van der Waals surface area (Å²) in [6, 6.07) is 12.9. The molecule has 124 valence electrons. The first-order chi connectivity index (χ1) is 11.6. The first-order valence-electron chi connectivity index (χ1n) is 7.82. The average Bonchev–Trinajstić information content (AvgIpc) is 2.61. The van der Waals surface area contributed by atoms with Crippen LogP contribution >= 0.6 is 23.2 Å². The molecule has 0 aromatic heterocycles. The number of morpholine rings is 1. The quantitative estimate of drug-likeness (QED) is 0.805. The van der Waals surface area contributed by atoms with Crippen molar-refractivity contribution in [2.75, 3.05) is 26.3 Å². The van der Waals surface area contributed by atoms with Crippen molar-refractivity contribution in [1.29, 1.82) is 0 Å². The number of nitrogens with one attached hydrogen (secondary N) is 1. The second-order valence-corrected chi connectivity index (χ2v) is 6.51. The van der Waals surface area contributed by atoms with Crippen molar-refractivity contribution in [3.63, 3.8) is 0 Å². The van der Waals surface area contributed by atoms with Crippen LogP contribution in [0.2, 0.25) is 10.0 Å². The van der Waals surface area contributed by atoms with Gasteiger partial charge in [0, 0.05) is 10.6 Å². The van der Waals surface area contributed by atoms with Crippen LogP contribution in [0.3, 0.4) is 0 Å². The smallest absolute Gasteiger partial charge is 0.179 e. The van der Waals surface area contributed by atoms with Gasteiger partial charge < -0.3 is 14.7 Å². The van der Waals surface area contributed by atoms with Crippen LogP contribution in [0.15, 0.2) is 42.5 Å². The molecule has 24 heavy (non-hydrogen) atoms. The molecule has 2 aromatic rings. The van der Waals surface area contributed by atoms with Gasteiger partial charge in [0.1, 0.15) is 18.8 Å². The highest BCUT2D eigenvalue weighted by Gasteiger charge is 2.28. The number of aromatic hydroxyl groups is 1. The lowest BCUT2D eigenvalue weighted by molar-refractivity contribution is -0.930. The van der Waals surface area contributed by atoms with Crippen LogP contribution < -0.4 is 4.90 Å². The third-order valence-electron chi connectivity index (χ3n) is 4.05. The Labute approximate surface area is 151 Å². The predicted octanol–water partition coefficient (Wildman–Crippen LogP) is 2.71. The van der Waals surface area contributed by atoms with E-state index in [-0.39, 0.29) is 16.8 Å². The Hall–Kier alpha value is -1.70. The molecule has 3 nitrogen and oxygen atoms in total. The molecular formula is C19H18Cl2NO2+. The average molecular weight is 363 g/mol. The van der Waals surface area contributed by atoms with E-state index >= 15 is 0 Å². The lowest BCUT2D eigenvalue weighted by Crippen LogP contribution is -3.14. The van der Waals surface area contributed by atoms with Crippen LogP contribution in [0.4, 0.5) is 0 Å². The van der Waals surface area contributed by atoms with Gasteiger partial charge in [-0.3, -0.25) is 0 Å². The van der Waals surface area contributed by atoms with Crippen LogP contribution in [0.5, 0.6) is 5.75 Å². The van der Waals surface area contributed by atoms with Crippen molar-refractivity contribution in [3.05, 3.63) is 63.6 Å². The van der Waals surface area contributed by atoms with Crippen LogP contribution in [0.1, 0.15) is 17.2 Å². The Kier molecular flexibility index (Phi) is 5.65. The van der Waals surface area contributed by atoms with Crippen molar-refractivity contribution in [2.45, 2.75) is 6.04 Å². The van der Waals surface area contributed by atoms with Crippen molar-refractivity contribution in [3.8, 4) is 17.6 Å². The van der Waals surface area contributed by atoms with E-state index in [2.05, 4.69) is 11.8 Å². The minimum atomic E-state index is -0.217. The van der Waals surface area contributed by atoms with Crippen LogP contribution in [-0.4, -0.2) is 31.4 Å². The molecular weight excluding hydrogens is 345 g/mol. The lowest BCUT2D eigenvalue weighted by atomic mass is 10.0. The highest BCUT2D eigenvalue weighted by Crippen LogP contribution is 2.34. The van der Waals surface area contributed by atoms with Crippen LogP contribution in [0.25, 0.3) is 0 Å². The summed E-state index contributed by atoms with van der Waals surface area (Å²) in [5, 5.41) is 11.2. The molecule has 0 aliphatic carbocycles. The highest BCUT2D eigenvalue weighted by molar-refractivity contribution is 6.35. The molecule has 0 bridgehead atoms. The molecule has 2 N–H and O–H groups in total. The first-order valence-corrected chi connectivity index (χ1v) is 8.57. The van der Waals surface area contributed by atoms with Crippen LogP contribution in [0, 0.1) is 11.8 Å². The molecule has 2 aromatic carbocycles. The van der Waals surface area contributed by atoms with Gasteiger partial charge >= 0.3 is 0 Å². The molecule has 1 heterocycles. The molecule has 1 saturated heterocycles. The molecule has 0 amide bonds. The predicted molar refractivity (Wildman–Crippen MR) is 95.7 cm³/mol. The Morgan fingerprint density at radius 1 is 1.08 bits per heavy atom. The summed E-state index contributed by atoms with van der Waals surface area (Å²) in [6.45, 7) is 2.98. The lowest BCUT2D eigenvalue weighted by Gasteiger charge is -2.29. The number of rotatable bonds is 2. The van der Waals surface area contributed by atoms with Gasteiger partial charge in [0.25, 0.3) is 0 Å². The topological polar surface area (TPSA) is 33.9 Å². The number of phenolic OH excluding ortho intramolecular Hbond substituents is 1. The maximum absolute atomic E-state index is 10.4. The summed E-state index contributed by atoms with van der Waals surface area (Å²) in [4.78, 5) is 1.23. The van der Waals surface area contributed by atoms with Crippen LogP contribution in [-0.2, 0) is 4.74 Å². The Morgan fingerprint density at radius 2 is 1.79 bits per heavy atom. The molecule has 1 atom stereocenters. The third kappa shape index (κ3) is 4.03. The summed E-state index contributed by atoms with van der Waals surface area (Å²) in [7, 11) is 0. The molecule has 0 radical (unpaired) electrons. The van der Waals surface area contributed by atoms with E-state index in [0.717, 1.165) is 18.7 Å². The largest absolute Gasteiger partial charge is 0.506 e. The minimum absolute atomic E-state index is 0.0485. The maximum Gasteiger partial charge on any atom is 0.179 e. The number of hydrogen-bond acceptors (Lipinski definition) is 2. The second kappa shape index (κ2) is 7.92. The molecule has 0 spiro atoms. The van der Waals surface area contributed by atoms with Gasteiger partial charge in [-0.05, 0) is 30.2 Å². The number of phenols is 1. The van der Waals surface area contributed by atoms with Crippen molar-refractivity contribution in [2.24, 2.45) is 0 Å². The van der Waals surface area contributed by atoms with Crippen molar-refractivity contribution in [1.82, 2.24) is 0 Å². The first kappa shape index (κ1) is 17.1. The van der Waals surface area contributed by atoms with Gasteiger partial charge in [0.2, 0.25) is 0 Å². The summed E-state index contributed by atoms with van der Waals surface area (Å²) in [6.07, 6.45) is 0. The van der Waals surface area contributed by atoms with E-state index in [1.165, 1.54) is 11.0 Å². The normalized spacial score (nSPS) is 16.2. The molecule has 1 fully saturated rings. The van der Waals surface area contributed by atoms with E-state index in [1.807, 2.05) is 30.3 Å². The third-order valence-corrected chi connectivity index (χ3v) is 4.55. The molecule has 0 saturated carbocycles. The number of ether oxygens (including phenoxy) is 1. The highest BCUT2D eigenvalue weighted by atomic mass is 35.5. The molecule has 3 rings (SSSR count). The zero-order chi connectivity index (χ0) is 16.9. The van der Waals surface area contributed by atoms with E-state index < -0.39 is 0 Å². The van der Waals surface area contributed by atoms with E-state index in [9.17, 15) is 5.11 Å². The fraction of sp³-hybridized carbons (Fsp3) is 0.263. The summed E-state index contributed by atoms with van der Waals surface area (Å²) in [5.41, 5.74) is 1.59. The summed E-state index contributed by atoms with van der Waals surface area (Å²) in [5.74, 6) is 6.54. The van der Waals surface area contributed by atoms with E-state index in [0.29, 0.717) is 23.8 Å². The molecule has 0 unspecified atom stereocenters. The SMILES string of the molecule is Oc1c(Cl)cc(Cl)cc1[C@H](C#Cc1ccccc1)[NH+]1CCOCC1. The second-order valence-electron chi connectivity index (χ2n) is 5.66. The van der Waals surface area contributed by atoms with Gasteiger partial charge in [0.05, 0.1) is 23.8 Å². The van der Waals surface area contributed by atoms with E-state index in [4.69, 9.17) is 27.9 Å². The molecule has 5 heteroatoms. The maximum atomic E-state index is 10.4. The number of hydrogen-bond donors (Lipinski definition) is 2.